The van der Waals surface area contributed by atoms with Crippen molar-refractivity contribution in [1.29, 1.82) is 0 Å². The molecule has 2 atom stereocenters. The zero-order valence-corrected chi connectivity index (χ0v) is 12.9. The fraction of sp³-hybridized carbons (Fsp3) is 0.500. The van der Waals surface area contributed by atoms with Gasteiger partial charge in [-0.3, -0.25) is 4.79 Å². The molecule has 1 aromatic rings. The number of hydrogen-bond donors (Lipinski definition) is 1. The van der Waals surface area contributed by atoms with Gasteiger partial charge >= 0.3 is 6.18 Å². The Morgan fingerprint density at radius 3 is 2.60 bits per heavy atom. The summed E-state index contributed by atoms with van der Waals surface area (Å²) < 4.78 is 39.0. The lowest BCUT2D eigenvalue weighted by Crippen LogP contribution is -2.41. The molecule has 1 aromatic carbocycles. The monoisotopic (exact) mass is 397 g/mol. The van der Waals surface area contributed by atoms with E-state index in [1.54, 1.807) is 18.2 Å². The quantitative estimate of drug-likeness (QED) is 0.747. The Labute approximate surface area is 129 Å². The molecule has 0 radical (unpaired) electrons. The fourth-order valence-corrected chi connectivity index (χ4v) is 3.16. The fourth-order valence-electron chi connectivity index (χ4n) is 2.53. The maximum absolute atomic E-state index is 12.7. The van der Waals surface area contributed by atoms with Gasteiger partial charge in [0.05, 0.1) is 11.5 Å². The van der Waals surface area contributed by atoms with E-state index in [0.29, 0.717) is 18.4 Å². The topological polar surface area (TPSA) is 29.1 Å². The molecule has 110 valence electrons. The highest BCUT2D eigenvalue weighted by atomic mass is 127. The molecule has 1 aliphatic rings. The molecule has 1 amide bonds. The molecule has 1 saturated carbocycles. The summed E-state index contributed by atoms with van der Waals surface area (Å²) in [5.41, 5.74) is 0.516. The van der Waals surface area contributed by atoms with Gasteiger partial charge in [-0.25, -0.2) is 0 Å². The Morgan fingerprint density at radius 2 is 1.95 bits per heavy atom. The first-order chi connectivity index (χ1) is 9.38. The number of rotatable bonds is 2. The van der Waals surface area contributed by atoms with E-state index in [-0.39, 0.29) is 24.8 Å². The van der Waals surface area contributed by atoms with Crippen LogP contribution in [0.5, 0.6) is 0 Å². The molecule has 1 N–H and O–H groups in total. The van der Waals surface area contributed by atoms with Crippen molar-refractivity contribution < 1.29 is 18.0 Å². The first-order valence-electron chi connectivity index (χ1n) is 6.50. The zero-order chi connectivity index (χ0) is 14.8. The summed E-state index contributed by atoms with van der Waals surface area (Å²) in [6.45, 7) is 0. The van der Waals surface area contributed by atoms with E-state index in [9.17, 15) is 18.0 Å². The normalized spacial score (nSPS) is 23.4. The highest BCUT2D eigenvalue weighted by Gasteiger charge is 2.42. The number of nitrogens with one attached hydrogen (secondary N) is 1. The van der Waals surface area contributed by atoms with E-state index in [0.717, 1.165) is 3.57 Å². The van der Waals surface area contributed by atoms with Crippen LogP contribution in [0.2, 0.25) is 0 Å². The molecule has 2 rings (SSSR count). The van der Waals surface area contributed by atoms with Crippen molar-refractivity contribution in [3.63, 3.8) is 0 Å². The van der Waals surface area contributed by atoms with Crippen LogP contribution < -0.4 is 5.32 Å². The molecule has 6 heteroatoms. The van der Waals surface area contributed by atoms with Crippen LogP contribution in [-0.2, 0) is 0 Å². The number of halogens is 4. The van der Waals surface area contributed by atoms with Gasteiger partial charge in [-0.05, 0) is 54.0 Å². The summed E-state index contributed by atoms with van der Waals surface area (Å²) in [4.78, 5) is 12.1. The van der Waals surface area contributed by atoms with Gasteiger partial charge in [0, 0.05) is 9.61 Å². The smallest absolute Gasteiger partial charge is 0.349 e. The molecule has 1 fully saturated rings. The Bertz CT molecular complexity index is 490. The van der Waals surface area contributed by atoms with E-state index in [4.69, 9.17) is 0 Å². The van der Waals surface area contributed by atoms with Crippen molar-refractivity contribution in [2.45, 2.75) is 37.9 Å². The van der Waals surface area contributed by atoms with Gasteiger partial charge in [0.15, 0.2) is 0 Å². The Kier molecular flexibility index (Phi) is 4.93. The third kappa shape index (κ3) is 3.86. The van der Waals surface area contributed by atoms with Crippen LogP contribution >= 0.6 is 22.6 Å². The van der Waals surface area contributed by atoms with Crippen LogP contribution in [0.3, 0.4) is 0 Å². The molecule has 0 saturated heterocycles. The summed E-state index contributed by atoms with van der Waals surface area (Å²) in [5, 5.41) is 2.73. The lowest BCUT2D eigenvalue weighted by molar-refractivity contribution is -0.183. The number of carbonyl (C=O) groups excluding carboxylic acids is 1. The number of amides is 1. The Balaban J connectivity index is 2.00. The minimum absolute atomic E-state index is 0.0152. The number of alkyl halides is 3. The van der Waals surface area contributed by atoms with E-state index in [1.807, 2.05) is 28.7 Å². The minimum Gasteiger partial charge on any atom is -0.349 e. The number of hydrogen-bond acceptors (Lipinski definition) is 1. The lowest BCUT2D eigenvalue weighted by Gasteiger charge is -2.31. The van der Waals surface area contributed by atoms with Crippen molar-refractivity contribution in [2.75, 3.05) is 0 Å². The van der Waals surface area contributed by atoms with E-state index in [2.05, 4.69) is 5.32 Å². The van der Waals surface area contributed by atoms with E-state index < -0.39 is 12.1 Å². The highest BCUT2D eigenvalue weighted by molar-refractivity contribution is 14.1. The van der Waals surface area contributed by atoms with Crippen LogP contribution in [0.15, 0.2) is 24.3 Å². The Morgan fingerprint density at radius 1 is 1.25 bits per heavy atom. The Hall–Kier alpha value is -0.790. The van der Waals surface area contributed by atoms with Crippen molar-refractivity contribution >= 4 is 28.5 Å². The predicted octanol–water partition coefficient (Wildman–Crippen LogP) is 4.14. The van der Waals surface area contributed by atoms with Gasteiger partial charge in [0.25, 0.3) is 5.91 Å². The highest BCUT2D eigenvalue weighted by Crippen LogP contribution is 2.37. The molecule has 2 nitrogen and oxygen atoms in total. The van der Waals surface area contributed by atoms with Gasteiger partial charge in [0.2, 0.25) is 0 Å². The van der Waals surface area contributed by atoms with Gasteiger partial charge in [-0.2, -0.15) is 13.2 Å². The van der Waals surface area contributed by atoms with Crippen LogP contribution in [0.4, 0.5) is 13.2 Å². The van der Waals surface area contributed by atoms with Gasteiger partial charge in [-0.15, -0.1) is 0 Å². The van der Waals surface area contributed by atoms with Gasteiger partial charge in [0.1, 0.15) is 0 Å². The van der Waals surface area contributed by atoms with E-state index in [1.165, 1.54) is 0 Å². The summed E-state index contributed by atoms with van der Waals surface area (Å²) >= 11 is 2.05. The number of benzene rings is 1. The second kappa shape index (κ2) is 6.32. The zero-order valence-electron chi connectivity index (χ0n) is 10.7. The largest absolute Gasteiger partial charge is 0.391 e. The van der Waals surface area contributed by atoms with Crippen LogP contribution in [0, 0.1) is 9.49 Å². The predicted molar refractivity (Wildman–Crippen MR) is 78.4 cm³/mol. The summed E-state index contributed by atoms with van der Waals surface area (Å²) in [6, 6.07) is 6.66. The van der Waals surface area contributed by atoms with Gasteiger partial charge in [-0.1, -0.05) is 18.6 Å². The molecular formula is C14H15F3INO. The van der Waals surface area contributed by atoms with Gasteiger partial charge < -0.3 is 5.32 Å². The average Bonchev–Trinajstić information content (AvgIpc) is 2.38. The summed E-state index contributed by atoms with van der Waals surface area (Å²) in [5.74, 6) is -1.58. The van der Waals surface area contributed by atoms with E-state index >= 15 is 0 Å². The average molecular weight is 397 g/mol. The molecule has 0 unspecified atom stereocenters. The standard InChI is InChI=1S/C14H15F3INO/c15-14(16,17)9-4-3-5-10(8-9)19-13(20)11-6-1-2-7-12(11)18/h1-2,6-7,9-10H,3-5,8H2,(H,19,20)/t9-,10+/m0/s1. The molecule has 1 aliphatic carbocycles. The molecule has 20 heavy (non-hydrogen) atoms. The minimum atomic E-state index is -4.16. The molecule has 0 bridgehead atoms. The second-order valence-corrected chi connectivity index (χ2v) is 6.22. The molecule has 0 heterocycles. The first-order valence-corrected chi connectivity index (χ1v) is 7.58. The number of carbonyl (C=O) groups is 1. The van der Waals surface area contributed by atoms with Crippen molar-refractivity contribution in [2.24, 2.45) is 5.92 Å². The molecule has 0 aliphatic heterocycles. The third-order valence-corrected chi connectivity index (χ3v) is 4.53. The van der Waals surface area contributed by atoms with Crippen molar-refractivity contribution in [1.82, 2.24) is 5.32 Å². The summed E-state index contributed by atoms with van der Waals surface area (Å²) in [7, 11) is 0. The van der Waals surface area contributed by atoms with Crippen molar-refractivity contribution in [3.05, 3.63) is 33.4 Å². The summed E-state index contributed by atoms with van der Waals surface area (Å²) in [6.07, 6.45) is -2.90. The maximum Gasteiger partial charge on any atom is 0.391 e. The molecule has 0 spiro atoms. The second-order valence-electron chi connectivity index (χ2n) is 5.06. The molecular weight excluding hydrogens is 382 g/mol. The molecule has 0 aromatic heterocycles. The van der Waals surface area contributed by atoms with Crippen LogP contribution in [0.25, 0.3) is 0 Å². The van der Waals surface area contributed by atoms with Crippen molar-refractivity contribution in [3.8, 4) is 0 Å². The van der Waals surface area contributed by atoms with Crippen LogP contribution in [0.1, 0.15) is 36.0 Å². The third-order valence-electron chi connectivity index (χ3n) is 3.59. The lowest BCUT2D eigenvalue weighted by atomic mass is 9.85. The SMILES string of the molecule is O=C(N[C@@H]1CCC[C@H](C(F)(F)F)C1)c1ccccc1I. The maximum atomic E-state index is 12.7. The van der Waals surface area contributed by atoms with Crippen LogP contribution in [-0.4, -0.2) is 18.1 Å². The first kappa shape index (κ1) is 15.6.